The van der Waals surface area contributed by atoms with Crippen molar-refractivity contribution >= 4 is 23.2 Å². The molecule has 0 saturated heterocycles. The molecule has 136 valence electrons. The van der Waals surface area contributed by atoms with Crippen LogP contribution in [0.25, 0.3) is 0 Å². The third-order valence-electron chi connectivity index (χ3n) is 5.55. The van der Waals surface area contributed by atoms with Crippen LogP contribution < -0.4 is 15.9 Å². The summed E-state index contributed by atoms with van der Waals surface area (Å²) in [5, 5.41) is 4.69. The Hall–Kier alpha value is -1.91. The molecule has 0 saturated carbocycles. The Balaban J connectivity index is 2.39. The first-order valence-corrected chi connectivity index (χ1v) is 11.6. The fraction of sp³-hybridized carbons (Fsp3) is 0.280. The fourth-order valence-corrected chi connectivity index (χ4v) is 11.0. The average molecular weight is 362 g/mol. The summed E-state index contributed by atoms with van der Waals surface area (Å²) in [5.41, 5.74) is 0. The van der Waals surface area contributed by atoms with Crippen molar-refractivity contribution in [2.24, 2.45) is 5.92 Å². The van der Waals surface area contributed by atoms with Gasteiger partial charge in [0, 0.05) is 0 Å². The summed E-state index contributed by atoms with van der Waals surface area (Å²) < 4.78 is 0. The topological polar surface area (TPSA) is 0 Å². The molecule has 3 rings (SSSR count). The second-order valence-corrected chi connectivity index (χ2v) is 12.9. The zero-order chi connectivity index (χ0) is 18.6. The van der Waals surface area contributed by atoms with Gasteiger partial charge in [-0.15, -0.1) is 0 Å². The van der Waals surface area contributed by atoms with Crippen LogP contribution in [-0.4, -0.2) is 5.16 Å². The summed E-state index contributed by atoms with van der Waals surface area (Å²) >= 11 is 0. The second kappa shape index (κ2) is 7.77. The van der Waals surface area contributed by atoms with Crippen molar-refractivity contribution in [3.63, 3.8) is 0 Å². The van der Waals surface area contributed by atoms with Crippen molar-refractivity contribution in [1.29, 1.82) is 0 Å². The zero-order valence-electron chi connectivity index (χ0n) is 16.4. The molecule has 0 aromatic heterocycles. The van der Waals surface area contributed by atoms with Crippen molar-refractivity contribution < 1.29 is 0 Å². The van der Waals surface area contributed by atoms with Crippen LogP contribution in [0.5, 0.6) is 0 Å². The first-order chi connectivity index (χ1) is 12.5. The van der Waals surface area contributed by atoms with Crippen LogP contribution in [0, 0.1) is 5.92 Å². The molecule has 0 atom stereocenters. The van der Waals surface area contributed by atoms with Crippen molar-refractivity contribution in [1.82, 2.24) is 0 Å². The zero-order valence-corrected chi connectivity index (χ0v) is 17.4. The maximum absolute atomic E-state index is 2.49. The molecule has 0 unspecified atom stereocenters. The molecule has 3 aromatic rings. The minimum absolute atomic E-state index is 0.186. The molecule has 0 aliphatic heterocycles. The van der Waals surface area contributed by atoms with E-state index < -0.39 is 7.26 Å². The Kier molecular flexibility index (Phi) is 5.64. The van der Waals surface area contributed by atoms with Crippen LogP contribution in [-0.2, 0) is 0 Å². The van der Waals surface area contributed by atoms with Gasteiger partial charge in [-0.2, -0.15) is 0 Å². The van der Waals surface area contributed by atoms with E-state index in [1.807, 2.05) is 0 Å². The molecule has 0 nitrogen and oxygen atoms in total. The third-order valence-corrected chi connectivity index (χ3v) is 11.4. The predicted molar refractivity (Wildman–Crippen MR) is 120 cm³/mol. The monoisotopic (exact) mass is 362 g/mol. The first kappa shape index (κ1) is 18.9. The summed E-state index contributed by atoms with van der Waals surface area (Å²) in [6.45, 7) is 9.68. The van der Waals surface area contributed by atoms with Gasteiger partial charge in [0.15, 0.2) is 0 Å². The van der Waals surface area contributed by atoms with Crippen LogP contribution in [0.3, 0.4) is 0 Å². The van der Waals surface area contributed by atoms with E-state index >= 15 is 0 Å². The van der Waals surface area contributed by atoms with Gasteiger partial charge >= 0.3 is 159 Å². The van der Waals surface area contributed by atoms with Gasteiger partial charge in [0.1, 0.15) is 0 Å². The predicted octanol–water partition coefficient (Wildman–Crippen LogP) is 5.54. The normalized spacial score (nSPS) is 13.0. The molecule has 26 heavy (non-hydrogen) atoms. The first-order valence-electron chi connectivity index (χ1n) is 9.65. The Morgan fingerprint density at radius 2 is 0.923 bits per heavy atom. The van der Waals surface area contributed by atoms with E-state index in [1.165, 1.54) is 22.3 Å². The molecule has 0 amide bonds. The molecule has 0 aliphatic rings. The summed E-state index contributed by atoms with van der Waals surface area (Å²) in [6, 6.07) is 33.7. The summed E-state index contributed by atoms with van der Waals surface area (Å²) in [5.74, 6) is 0.660. The van der Waals surface area contributed by atoms with Gasteiger partial charge in [-0.25, -0.2) is 0 Å². The second-order valence-electron chi connectivity index (χ2n) is 8.33. The van der Waals surface area contributed by atoms with Crippen molar-refractivity contribution in [2.45, 2.75) is 39.3 Å². The van der Waals surface area contributed by atoms with E-state index in [0.717, 1.165) is 0 Å². The molecule has 0 heterocycles. The van der Waals surface area contributed by atoms with E-state index in [4.69, 9.17) is 0 Å². The van der Waals surface area contributed by atoms with Gasteiger partial charge in [0.25, 0.3) is 0 Å². The number of rotatable bonds is 6. The van der Waals surface area contributed by atoms with Gasteiger partial charge in [-0.1, -0.05) is 0 Å². The van der Waals surface area contributed by atoms with E-state index in [9.17, 15) is 0 Å². The van der Waals surface area contributed by atoms with Crippen LogP contribution in [0.4, 0.5) is 0 Å². The molecule has 3 aromatic carbocycles. The molecule has 0 aliphatic carbocycles. The average Bonchev–Trinajstić information content (AvgIpc) is 2.64. The molecule has 0 fully saturated rings. The van der Waals surface area contributed by atoms with Crippen molar-refractivity contribution in [2.75, 3.05) is 0 Å². The number of hydrogen-bond donors (Lipinski definition) is 0. The van der Waals surface area contributed by atoms with E-state index in [-0.39, 0.29) is 5.16 Å². The SMILES string of the molecule is CC(C)CC(C)(C)[PH](c1ccccc1)(c1ccccc1)c1ccccc1. The summed E-state index contributed by atoms with van der Waals surface area (Å²) in [4.78, 5) is 0. The van der Waals surface area contributed by atoms with Crippen LogP contribution >= 0.6 is 7.26 Å². The minimum atomic E-state index is -2.21. The van der Waals surface area contributed by atoms with E-state index in [2.05, 4.69) is 119 Å². The number of benzene rings is 3. The molecule has 0 spiro atoms. The summed E-state index contributed by atoms with van der Waals surface area (Å²) in [6.07, 6.45) is 1.21. The van der Waals surface area contributed by atoms with Crippen LogP contribution in [0.15, 0.2) is 91.0 Å². The maximum atomic E-state index is 2.49. The van der Waals surface area contributed by atoms with Gasteiger partial charge in [-0.3, -0.25) is 0 Å². The van der Waals surface area contributed by atoms with Crippen molar-refractivity contribution in [3.8, 4) is 0 Å². The molecule has 0 N–H and O–H groups in total. The summed E-state index contributed by atoms with van der Waals surface area (Å²) in [7, 11) is -2.21. The van der Waals surface area contributed by atoms with Gasteiger partial charge < -0.3 is 0 Å². The van der Waals surface area contributed by atoms with Crippen LogP contribution in [0.2, 0.25) is 0 Å². The molecule has 0 radical (unpaired) electrons. The Morgan fingerprint density at radius 3 is 1.19 bits per heavy atom. The Morgan fingerprint density at radius 1 is 0.615 bits per heavy atom. The standard InChI is InChI=1S/C25H31P/c1-21(2)20-25(3,4)26(22-14-8-5-9-15-22,23-16-10-6-11-17-23)24-18-12-7-13-19-24/h5-19,21,26H,20H2,1-4H3. The van der Waals surface area contributed by atoms with Gasteiger partial charge in [-0.05, 0) is 0 Å². The molecule has 0 bridgehead atoms. The molecule has 1 heteroatoms. The van der Waals surface area contributed by atoms with Gasteiger partial charge in [0.05, 0.1) is 0 Å². The van der Waals surface area contributed by atoms with Crippen LogP contribution in [0.1, 0.15) is 34.1 Å². The van der Waals surface area contributed by atoms with Crippen molar-refractivity contribution in [3.05, 3.63) is 91.0 Å². The molecular weight excluding hydrogens is 331 g/mol. The Bertz CT molecular complexity index is 708. The van der Waals surface area contributed by atoms with E-state index in [1.54, 1.807) is 0 Å². The third kappa shape index (κ3) is 3.36. The van der Waals surface area contributed by atoms with E-state index in [0.29, 0.717) is 5.92 Å². The number of hydrogen-bond acceptors (Lipinski definition) is 0. The fourth-order valence-electron chi connectivity index (χ4n) is 4.91. The Labute approximate surface area is 159 Å². The molecular formula is C25H31P. The quantitative estimate of drug-likeness (QED) is 0.505. The van der Waals surface area contributed by atoms with Gasteiger partial charge in [0.2, 0.25) is 0 Å².